The zero-order valence-corrected chi connectivity index (χ0v) is 12.8. The first-order valence-electron chi connectivity index (χ1n) is 7.71. The minimum atomic E-state index is -0.0371. The molecule has 6 heteroatoms. The van der Waals surface area contributed by atoms with Gasteiger partial charge in [0.05, 0.1) is 5.69 Å². The van der Waals surface area contributed by atoms with Crippen LogP contribution in [0, 0.1) is 6.92 Å². The monoisotopic (exact) mass is 289 g/mol. The lowest BCUT2D eigenvalue weighted by molar-refractivity contribution is 0.234. The standard InChI is InChI=1S/C15H23N5O/c1-3-6-20-15-14(11(2)18-20)12(9-13(21)17-15)10-19-7-4-16-5-8-19/h9,16H,3-8,10H2,1-2H3,(H,17,21). The summed E-state index contributed by atoms with van der Waals surface area (Å²) in [5, 5.41) is 9.06. The van der Waals surface area contributed by atoms with E-state index in [-0.39, 0.29) is 5.56 Å². The van der Waals surface area contributed by atoms with Crippen LogP contribution >= 0.6 is 0 Å². The van der Waals surface area contributed by atoms with E-state index in [2.05, 4.69) is 27.2 Å². The second-order valence-corrected chi connectivity index (χ2v) is 5.72. The first kappa shape index (κ1) is 14.3. The summed E-state index contributed by atoms with van der Waals surface area (Å²) >= 11 is 0. The molecule has 0 bridgehead atoms. The predicted octanol–water partition coefficient (Wildman–Crippen LogP) is 0.848. The van der Waals surface area contributed by atoms with E-state index < -0.39 is 0 Å². The second-order valence-electron chi connectivity index (χ2n) is 5.72. The summed E-state index contributed by atoms with van der Waals surface area (Å²) in [6.45, 7) is 9.87. The van der Waals surface area contributed by atoms with Crippen LogP contribution < -0.4 is 10.9 Å². The van der Waals surface area contributed by atoms with Gasteiger partial charge in [0.25, 0.3) is 0 Å². The Kier molecular flexibility index (Phi) is 4.07. The number of aromatic amines is 1. The van der Waals surface area contributed by atoms with Crippen molar-refractivity contribution in [1.29, 1.82) is 0 Å². The smallest absolute Gasteiger partial charge is 0.249 e. The van der Waals surface area contributed by atoms with Gasteiger partial charge in [-0.1, -0.05) is 6.92 Å². The normalized spacial score (nSPS) is 16.7. The van der Waals surface area contributed by atoms with Crippen LogP contribution in [0.3, 0.4) is 0 Å². The highest BCUT2D eigenvalue weighted by atomic mass is 16.1. The molecule has 3 rings (SSSR count). The van der Waals surface area contributed by atoms with Crippen molar-refractivity contribution >= 4 is 11.0 Å². The summed E-state index contributed by atoms with van der Waals surface area (Å²) in [5.41, 5.74) is 2.92. The number of nitrogens with one attached hydrogen (secondary N) is 2. The second kappa shape index (κ2) is 5.99. The quantitative estimate of drug-likeness (QED) is 0.876. The summed E-state index contributed by atoms with van der Waals surface area (Å²) < 4.78 is 1.92. The highest BCUT2D eigenvalue weighted by Crippen LogP contribution is 2.21. The summed E-state index contributed by atoms with van der Waals surface area (Å²) in [4.78, 5) is 17.3. The van der Waals surface area contributed by atoms with Crippen molar-refractivity contribution in [3.8, 4) is 0 Å². The number of piperazine rings is 1. The molecule has 2 N–H and O–H groups in total. The molecule has 2 aromatic rings. The van der Waals surface area contributed by atoms with Gasteiger partial charge in [-0.05, 0) is 18.9 Å². The van der Waals surface area contributed by atoms with Gasteiger partial charge < -0.3 is 10.3 Å². The molecular formula is C15H23N5O. The van der Waals surface area contributed by atoms with Crippen LogP contribution in [0.4, 0.5) is 0 Å². The molecular weight excluding hydrogens is 266 g/mol. The third-order valence-electron chi connectivity index (χ3n) is 4.03. The van der Waals surface area contributed by atoms with Crippen LogP contribution in [0.1, 0.15) is 24.6 Å². The zero-order chi connectivity index (χ0) is 14.8. The van der Waals surface area contributed by atoms with Gasteiger partial charge in [-0.3, -0.25) is 9.69 Å². The summed E-state index contributed by atoms with van der Waals surface area (Å²) in [5.74, 6) is 0. The van der Waals surface area contributed by atoms with Crippen molar-refractivity contribution in [2.75, 3.05) is 26.2 Å². The van der Waals surface area contributed by atoms with Gasteiger partial charge in [0.15, 0.2) is 0 Å². The van der Waals surface area contributed by atoms with E-state index in [1.165, 1.54) is 0 Å². The molecule has 0 aromatic carbocycles. The maximum atomic E-state index is 12.0. The Labute approximate surface area is 124 Å². The molecule has 1 aliphatic rings. The lowest BCUT2D eigenvalue weighted by Crippen LogP contribution is -2.43. The Bertz CT molecular complexity index is 681. The molecule has 114 valence electrons. The number of hydrogen-bond donors (Lipinski definition) is 2. The van der Waals surface area contributed by atoms with Crippen LogP contribution in [-0.2, 0) is 13.1 Å². The first-order valence-corrected chi connectivity index (χ1v) is 7.71. The largest absolute Gasteiger partial charge is 0.314 e. The van der Waals surface area contributed by atoms with Crippen molar-refractivity contribution in [3.05, 3.63) is 27.7 Å². The number of rotatable bonds is 4. The van der Waals surface area contributed by atoms with Crippen LogP contribution in [0.2, 0.25) is 0 Å². The molecule has 1 aliphatic heterocycles. The number of H-pyrrole nitrogens is 1. The van der Waals surface area contributed by atoms with Gasteiger partial charge in [-0.15, -0.1) is 0 Å². The third-order valence-corrected chi connectivity index (χ3v) is 4.03. The van der Waals surface area contributed by atoms with E-state index in [0.717, 1.165) is 68.0 Å². The van der Waals surface area contributed by atoms with Crippen molar-refractivity contribution in [2.24, 2.45) is 0 Å². The van der Waals surface area contributed by atoms with Gasteiger partial charge in [0, 0.05) is 50.7 Å². The number of aryl methyl sites for hydroxylation is 2. The summed E-state index contributed by atoms with van der Waals surface area (Å²) in [6.07, 6.45) is 1.00. The minimum Gasteiger partial charge on any atom is -0.314 e. The lowest BCUT2D eigenvalue weighted by Gasteiger charge is -2.27. The lowest BCUT2D eigenvalue weighted by atomic mass is 10.1. The number of fused-ring (bicyclic) bond motifs is 1. The van der Waals surface area contributed by atoms with Crippen LogP contribution in [0.25, 0.3) is 11.0 Å². The number of hydrogen-bond acceptors (Lipinski definition) is 4. The van der Waals surface area contributed by atoms with Gasteiger partial charge in [-0.25, -0.2) is 4.68 Å². The molecule has 0 amide bonds. The average molecular weight is 289 g/mol. The molecule has 0 spiro atoms. The first-order chi connectivity index (χ1) is 10.2. The Hall–Kier alpha value is -1.66. The van der Waals surface area contributed by atoms with Crippen LogP contribution in [0.15, 0.2) is 10.9 Å². The highest BCUT2D eigenvalue weighted by Gasteiger charge is 2.16. The number of aromatic nitrogens is 3. The molecule has 2 aromatic heterocycles. The maximum Gasteiger partial charge on any atom is 0.249 e. The Morgan fingerprint density at radius 2 is 2.10 bits per heavy atom. The molecule has 0 radical (unpaired) electrons. The van der Waals surface area contributed by atoms with Crippen molar-refractivity contribution in [3.63, 3.8) is 0 Å². The molecule has 6 nitrogen and oxygen atoms in total. The average Bonchev–Trinajstić information content (AvgIpc) is 2.77. The molecule has 0 saturated carbocycles. The fourth-order valence-electron chi connectivity index (χ4n) is 3.08. The minimum absolute atomic E-state index is 0.0371. The Morgan fingerprint density at radius 1 is 1.33 bits per heavy atom. The van der Waals surface area contributed by atoms with Gasteiger partial charge in [0.2, 0.25) is 5.56 Å². The fourth-order valence-corrected chi connectivity index (χ4v) is 3.08. The van der Waals surface area contributed by atoms with Gasteiger partial charge in [-0.2, -0.15) is 5.10 Å². The van der Waals surface area contributed by atoms with Crippen molar-refractivity contribution in [2.45, 2.75) is 33.4 Å². The van der Waals surface area contributed by atoms with E-state index in [0.29, 0.717) is 0 Å². The molecule has 0 aliphatic carbocycles. The van der Waals surface area contributed by atoms with E-state index in [1.807, 2.05) is 11.6 Å². The Morgan fingerprint density at radius 3 is 2.81 bits per heavy atom. The van der Waals surface area contributed by atoms with Crippen LogP contribution in [-0.4, -0.2) is 45.8 Å². The van der Waals surface area contributed by atoms with Gasteiger partial charge in [0.1, 0.15) is 5.65 Å². The van der Waals surface area contributed by atoms with Gasteiger partial charge >= 0.3 is 0 Å². The highest BCUT2D eigenvalue weighted by molar-refractivity contribution is 5.81. The molecule has 0 unspecified atom stereocenters. The number of pyridine rings is 1. The van der Waals surface area contributed by atoms with E-state index in [4.69, 9.17) is 0 Å². The van der Waals surface area contributed by atoms with Crippen LogP contribution in [0.5, 0.6) is 0 Å². The fraction of sp³-hybridized carbons (Fsp3) is 0.600. The summed E-state index contributed by atoms with van der Waals surface area (Å²) in [6, 6.07) is 1.73. The third kappa shape index (κ3) is 2.87. The SMILES string of the molecule is CCCn1nc(C)c2c(CN3CCNCC3)cc(=O)[nH]c21. The topological polar surface area (TPSA) is 66.0 Å². The summed E-state index contributed by atoms with van der Waals surface area (Å²) in [7, 11) is 0. The Balaban J connectivity index is 2.02. The molecule has 1 saturated heterocycles. The predicted molar refractivity (Wildman–Crippen MR) is 83.5 cm³/mol. The van der Waals surface area contributed by atoms with E-state index in [9.17, 15) is 4.79 Å². The zero-order valence-electron chi connectivity index (χ0n) is 12.8. The van der Waals surface area contributed by atoms with Crippen molar-refractivity contribution in [1.82, 2.24) is 25.0 Å². The maximum absolute atomic E-state index is 12.0. The molecule has 1 fully saturated rings. The molecule has 21 heavy (non-hydrogen) atoms. The number of nitrogens with zero attached hydrogens (tertiary/aromatic N) is 3. The van der Waals surface area contributed by atoms with Crippen molar-refractivity contribution < 1.29 is 0 Å². The molecule has 3 heterocycles. The van der Waals surface area contributed by atoms with E-state index in [1.54, 1.807) is 6.07 Å². The molecule has 0 atom stereocenters. The van der Waals surface area contributed by atoms with E-state index >= 15 is 0 Å².